The molecule has 0 aromatic heterocycles. The number of amides is 1. The van der Waals surface area contributed by atoms with E-state index in [1.165, 1.54) is 0 Å². The number of hydrogen-bond donors (Lipinski definition) is 1. The third-order valence-corrected chi connectivity index (χ3v) is 3.55. The van der Waals surface area contributed by atoms with E-state index in [9.17, 15) is 4.79 Å². The maximum absolute atomic E-state index is 11.9. The predicted octanol–water partition coefficient (Wildman–Crippen LogP) is 3.62. The third-order valence-electron chi connectivity index (χ3n) is 2.96. The number of rotatable bonds is 6. The van der Waals surface area contributed by atoms with Gasteiger partial charge in [0, 0.05) is 5.56 Å². The lowest BCUT2D eigenvalue weighted by molar-refractivity contribution is 0.0955. The molecule has 0 unspecified atom stereocenters. The molecule has 23 heavy (non-hydrogen) atoms. The molecular weight excluding hydrogens is 360 g/mol. The average molecular weight is 377 g/mol. The van der Waals surface area contributed by atoms with Gasteiger partial charge >= 0.3 is 0 Å². The van der Waals surface area contributed by atoms with Gasteiger partial charge < -0.3 is 9.47 Å². The van der Waals surface area contributed by atoms with Gasteiger partial charge in [0.05, 0.1) is 24.4 Å². The van der Waals surface area contributed by atoms with E-state index >= 15 is 0 Å². The zero-order valence-corrected chi connectivity index (χ0v) is 14.5. The van der Waals surface area contributed by atoms with Gasteiger partial charge in [0.1, 0.15) is 0 Å². The van der Waals surface area contributed by atoms with Gasteiger partial charge in [-0.05, 0) is 52.7 Å². The van der Waals surface area contributed by atoms with E-state index < -0.39 is 0 Å². The first-order valence-corrected chi connectivity index (χ1v) is 7.83. The number of carbonyl (C=O) groups excluding carboxylic acids is 1. The summed E-state index contributed by atoms with van der Waals surface area (Å²) >= 11 is 3.44. The van der Waals surface area contributed by atoms with Crippen LogP contribution in [-0.2, 0) is 0 Å². The van der Waals surface area contributed by atoms with Crippen LogP contribution in [0.15, 0.2) is 52.0 Å². The summed E-state index contributed by atoms with van der Waals surface area (Å²) in [5.74, 6) is 0.969. The zero-order chi connectivity index (χ0) is 16.7. The standard InChI is InChI=1S/C17H17BrN2O3/c1-3-23-16-14(18)9-12(10-15(16)22-2)11-19-20-17(21)13-7-5-4-6-8-13/h4-11H,3H2,1-2H3,(H,20,21). The molecule has 0 spiro atoms. The largest absolute Gasteiger partial charge is 0.493 e. The molecule has 0 bridgehead atoms. The van der Waals surface area contributed by atoms with E-state index in [2.05, 4.69) is 26.5 Å². The van der Waals surface area contributed by atoms with Gasteiger partial charge in [0.2, 0.25) is 0 Å². The summed E-state index contributed by atoms with van der Waals surface area (Å²) in [4.78, 5) is 11.9. The Morgan fingerprint density at radius 2 is 2.04 bits per heavy atom. The van der Waals surface area contributed by atoms with Crippen molar-refractivity contribution in [1.82, 2.24) is 5.43 Å². The minimum absolute atomic E-state index is 0.265. The summed E-state index contributed by atoms with van der Waals surface area (Å²) in [6, 6.07) is 12.5. The Balaban J connectivity index is 2.11. The SMILES string of the molecule is CCOc1c(Br)cc(C=NNC(=O)c2ccccc2)cc1OC. The number of nitrogens with zero attached hydrogens (tertiary/aromatic N) is 1. The van der Waals surface area contributed by atoms with Crippen molar-refractivity contribution >= 4 is 28.1 Å². The molecule has 0 heterocycles. The molecule has 0 saturated carbocycles. The van der Waals surface area contributed by atoms with Gasteiger partial charge in [-0.2, -0.15) is 5.10 Å². The molecule has 0 saturated heterocycles. The van der Waals surface area contributed by atoms with E-state index in [0.29, 0.717) is 23.7 Å². The first kappa shape index (κ1) is 17.0. The van der Waals surface area contributed by atoms with Crippen LogP contribution in [0.3, 0.4) is 0 Å². The molecule has 0 aliphatic carbocycles. The predicted molar refractivity (Wildman–Crippen MR) is 93.4 cm³/mol. The number of nitrogens with one attached hydrogen (secondary N) is 1. The second-order valence-corrected chi connectivity index (χ2v) is 5.39. The van der Waals surface area contributed by atoms with Crippen LogP contribution in [0, 0.1) is 0 Å². The third kappa shape index (κ3) is 4.56. The molecule has 0 fully saturated rings. The number of hydrogen-bond acceptors (Lipinski definition) is 4. The minimum atomic E-state index is -0.265. The molecule has 2 aromatic rings. The lowest BCUT2D eigenvalue weighted by Gasteiger charge is -2.11. The minimum Gasteiger partial charge on any atom is -0.493 e. The lowest BCUT2D eigenvalue weighted by Crippen LogP contribution is -2.17. The smallest absolute Gasteiger partial charge is 0.271 e. The van der Waals surface area contributed by atoms with Crippen molar-refractivity contribution in [3.05, 3.63) is 58.1 Å². The van der Waals surface area contributed by atoms with E-state index in [0.717, 1.165) is 10.0 Å². The summed E-state index contributed by atoms with van der Waals surface area (Å²) in [5, 5.41) is 3.97. The van der Waals surface area contributed by atoms with Crippen LogP contribution in [0.5, 0.6) is 11.5 Å². The fourth-order valence-corrected chi connectivity index (χ4v) is 2.49. The van der Waals surface area contributed by atoms with E-state index in [-0.39, 0.29) is 5.91 Å². The van der Waals surface area contributed by atoms with E-state index in [1.54, 1.807) is 43.7 Å². The first-order chi connectivity index (χ1) is 11.2. The highest BCUT2D eigenvalue weighted by Gasteiger charge is 2.10. The monoisotopic (exact) mass is 376 g/mol. The van der Waals surface area contributed by atoms with Crippen LogP contribution in [0.25, 0.3) is 0 Å². The number of halogens is 1. The van der Waals surface area contributed by atoms with Gasteiger partial charge in [0.15, 0.2) is 11.5 Å². The molecule has 1 amide bonds. The maximum atomic E-state index is 11.9. The number of hydrazone groups is 1. The molecule has 2 rings (SSSR count). The molecule has 1 N–H and O–H groups in total. The first-order valence-electron chi connectivity index (χ1n) is 7.04. The average Bonchev–Trinajstić information content (AvgIpc) is 2.57. The van der Waals surface area contributed by atoms with Crippen molar-refractivity contribution in [1.29, 1.82) is 0 Å². The van der Waals surface area contributed by atoms with Gasteiger partial charge in [-0.25, -0.2) is 5.43 Å². The molecule has 0 aliphatic heterocycles. The zero-order valence-electron chi connectivity index (χ0n) is 12.9. The second kappa shape index (κ2) is 8.33. The van der Waals surface area contributed by atoms with Crippen molar-refractivity contribution in [2.45, 2.75) is 6.92 Å². The number of ether oxygens (including phenoxy) is 2. The topological polar surface area (TPSA) is 59.9 Å². The summed E-state index contributed by atoms with van der Waals surface area (Å²) in [6.07, 6.45) is 1.55. The summed E-state index contributed by atoms with van der Waals surface area (Å²) in [5.41, 5.74) is 3.81. The molecule has 5 nitrogen and oxygen atoms in total. The molecule has 6 heteroatoms. The quantitative estimate of drug-likeness (QED) is 0.618. The van der Waals surface area contributed by atoms with Gasteiger partial charge in [-0.1, -0.05) is 18.2 Å². The van der Waals surface area contributed by atoms with E-state index in [1.807, 2.05) is 19.1 Å². The van der Waals surface area contributed by atoms with Crippen molar-refractivity contribution in [2.75, 3.05) is 13.7 Å². The van der Waals surface area contributed by atoms with Crippen molar-refractivity contribution in [3.8, 4) is 11.5 Å². The Hall–Kier alpha value is -2.34. The van der Waals surface area contributed by atoms with Crippen molar-refractivity contribution < 1.29 is 14.3 Å². The maximum Gasteiger partial charge on any atom is 0.271 e. The molecule has 2 aromatic carbocycles. The van der Waals surface area contributed by atoms with Crippen molar-refractivity contribution in [3.63, 3.8) is 0 Å². The molecule has 0 radical (unpaired) electrons. The Bertz CT molecular complexity index is 702. The number of carbonyl (C=O) groups is 1. The van der Waals surface area contributed by atoms with Crippen LogP contribution < -0.4 is 14.9 Å². The molecular formula is C17H17BrN2O3. The Labute approximate surface area is 143 Å². The normalized spacial score (nSPS) is 10.6. The Kier molecular flexibility index (Phi) is 6.17. The Morgan fingerprint density at radius 1 is 1.30 bits per heavy atom. The van der Waals surface area contributed by atoms with Gasteiger partial charge in [-0.15, -0.1) is 0 Å². The molecule has 120 valence electrons. The second-order valence-electron chi connectivity index (χ2n) is 4.53. The van der Waals surface area contributed by atoms with Gasteiger partial charge in [-0.3, -0.25) is 4.79 Å². The number of benzene rings is 2. The highest BCUT2D eigenvalue weighted by Crippen LogP contribution is 2.36. The fourth-order valence-electron chi connectivity index (χ4n) is 1.92. The molecule has 0 aliphatic rings. The van der Waals surface area contributed by atoms with Crippen LogP contribution in [-0.4, -0.2) is 25.8 Å². The highest BCUT2D eigenvalue weighted by molar-refractivity contribution is 9.10. The van der Waals surface area contributed by atoms with Gasteiger partial charge in [0.25, 0.3) is 5.91 Å². The van der Waals surface area contributed by atoms with Crippen molar-refractivity contribution in [2.24, 2.45) is 5.10 Å². The van der Waals surface area contributed by atoms with Crippen LogP contribution in [0.4, 0.5) is 0 Å². The molecule has 0 atom stereocenters. The highest BCUT2D eigenvalue weighted by atomic mass is 79.9. The summed E-state index contributed by atoms with van der Waals surface area (Å²) in [6.45, 7) is 2.44. The summed E-state index contributed by atoms with van der Waals surface area (Å²) in [7, 11) is 1.57. The van der Waals surface area contributed by atoms with Crippen LogP contribution in [0.1, 0.15) is 22.8 Å². The van der Waals surface area contributed by atoms with Crippen LogP contribution in [0.2, 0.25) is 0 Å². The van der Waals surface area contributed by atoms with Crippen LogP contribution >= 0.6 is 15.9 Å². The Morgan fingerprint density at radius 3 is 2.70 bits per heavy atom. The number of methoxy groups -OCH3 is 1. The lowest BCUT2D eigenvalue weighted by atomic mass is 10.2. The van der Waals surface area contributed by atoms with E-state index in [4.69, 9.17) is 9.47 Å². The summed E-state index contributed by atoms with van der Waals surface area (Å²) < 4.78 is 11.6. The fraction of sp³-hybridized carbons (Fsp3) is 0.176.